The van der Waals surface area contributed by atoms with Crippen LogP contribution in [-0.2, 0) is 21.4 Å². The fraction of sp³-hybridized carbons (Fsp3) is 0.235. The molecule has 25 heavy (non-hydrogen) atoms. The Hall–Kier alpha value is -1.93. The molecule has 0 atom stereocenters. The van der Waals surface area contributed by atoms with E-state index in [1.54, 1.807) is 36.4 Å². The van der Waals surface area contributed by atoms with Gasteiger partial charge in [-0.05, 0) is 36.8 Å². The summed E-state index contributed by atoms with van der Waals surface area (Å²) in [7, 11) is -3.79. The van der Waals surface area contributed by atoms with Crippen molar-refractivity contribution in [2.45, 2.75) is 24.8 Å². The van der Waals surface area contributed by atoms with Crippen LogP contribution in [0, 0.1) is 6.92 Å². The molecule has 0 aromatic heterocycles. The zero-order valence-corrected chi connectivity index (χ0v) is 15.2. The van der Waals surface area contributed by atoms with Gasteiger partial charge in [0.1, 0.15) is 0 Å². The molecule has 1 amide bonds. The van der Waals surface area contributed by atoms with E-state index in [2.05, 4.69) is 0 Å². The number of carbonyl (C=O) groups is 1. The normalized spacial score (nSPS) is 11.5. The first-order valence-electron chi connectivity index (χ1n) is 7.57. The molecule has 0 saturated carbocycles. The first kappa shape index (κ1) is 19.4. The van der Waals surface area contributed by atoms with Gasteiger partial charge in [-0.3, -0.25) is 10.0 Å². The monoisotopic (exact) mass is 382 g/mol. The maximum Gasteiger partial charge on any atom is 0.244 e. The standard InChI is InChI=1S/C17H19ClN2O4S/c1-13-2-8-16(9-3-13)25(23,24)20(11-10-17(21)19-22)12-14-4-6-15(18)7-5-14/h2-9,22H,10-12H2,1H3,(H,19,21). The highest BCUT2D eigenvalue weighted by Crippen LogP contribution is 2.20. The van der Waals surface area contributed by atoms with Gasteiger partial charge in [-0.2, -0.15) is 4.31 Å². The summed E-state index contributed by atoms with van der Waals surface area (Å²) in [6.07, 6.45) is -0.158. The first-order valence-corrected chi connectivity index (χ1v) is 9.39. The fourth-order valence-electron chi connectivity index (χ4n) is 2.22. The third-order valence-electron chi connectivity index (χ3n) is 3.64. The molecular weight excluding hydrogens is 364 g/mol. The number of nitrogens with one attached hydrogen (secondary N) is 1. The largest absolute Gasteiger partial charge is 0.289 e. The zero-order valence-electron chi connectivity index (χ0n) is 13.6. The predicted molar refractivity (Wildman–Crippen MR) is 94.8 cm³/mol. The summed E-state index contributed by atoms with van der Waals surface area (Å²) in [5.74, 6) is -0.653. The molecular formula is C17H19ClN2O4S. The van der Waals surface area contributed by atoms with E-state index in [1.807, 2.05) is 6.92 Å². The third-order valence-corrected chi connectivity index (χ3v) is 5.76. The molecule has 2 aromatic rings. The number of carbonyl (C=O) groups excluding carboxylic acids is 1. The maximum atomic E-state index is 12.9. The zero-order chi connectivity index (χ0) is 18.4. The van der Waals surface area contributed by atoms with E-state index in [1.165, 1.54) is 21.9 Å². The lowest BCUT2D eigenvalue weighted by Crippen LogP contribution is -2.34. The van der Waals surface area contributed by atoms with Crippen molar-refractivity contribution >= 4 is 27.5 Å². The summed E-state index contributed by atoms with van der Waals surface area (Å²) >= 11 is 5.86. The van der Waals surface area contributed by atoms with Gasteiger partial charge in [0.05, 0.1) is 4.90 Å². The molecule has 0 aliphatic carbocycles. The molecule has 0 radical (unpaired) electrons. The van der Waals surface area contributed by atoms with Crippen LogP contribution in [0.1, 0.15) is 17.5 Å². The minimum absolute atomic E-state index is 0.0643. The lowest BCUT2D eigenvalue weighted by atomic mass is 10.2. The topological polar surface area (TPSA) is 86.7 Å². The number of amides is 1. The molecule has 0 fully saturated rings. The Morgan fingerprint density at radius 1 is 1.12 bits per heavy atom. The van der Waals surface area contributed by atoms with Gasteiger partial charge in [-0.25, -0.2) is 13.9 Å². The summed E-state index contributed by atoms with van der Waals surface area (Å²) in [5, 5.41) is 9.19. The predicted octanol–water partition coefficient (Wildman–Crippen LogP) is 2.73. The van der Waals surface area contributed by atoms with Crippen molar-refractivity contribution < 1.29 is 18.4 Å². The van der Waals surface area contributed by atoms with Crippen LogP contribution in [0.2, 0.25) is 5.02 Å². The molecule has 0 unspecified atom stereocenters. The second-order valence-electron chi connectivity index (χ2n) is 5.56. The molecule has 2 aromatic carbocycles. The number of halogens is 1. The summed E-state index contributed by atoms with van der Waals surface area (Å²) < 4.78 is 27.0. The van der Waals surface area contributed by atoms with E-state index in [4.69, 9.17) is 16.8 Å². The molecule has 2 rings (SSSR count). The molecule has 0 heterocycles. The Bertz CT molecular complexity index is 821. The summed E-state index contributed by atoms with van der Waals surface area (Å²) in [6.45, 7) is 1.89. The number of hydrogen-bond donors (Lipinski definition) is 2. The number of hydrogen-bond acceptors (Lipinski definition) is 4. The van der Waals surface area contributed by atoms with Gasteiger partial charge >= 0.3 is 0 Å². The Balaban J connectivity index is 2.30. The number of sulfonamides is 1. The van der Waals surface area contributed by atoms with Crippen molar-refractivity contribution in [1.82, 2.24) is 9.79 Å². The van der Waals surface area contributed by atoms with Crippen molar-refractivity contribution in [3.8, 4) is 0 Å². The van der Waals surface area contributed by atoms with Gasteiger partial charge in [0.25, 0.3) is 0 Å². The first-order chi connectivity index (χ1) is 11.8. The minimum atomic E-state index is -3.79. The highest BCUT2D eigenvalue weighted by atomic mass is 35.5. The molecule has 2 N–H and O–H groups in total. The average Bonchev–Trinajstić information content (AvgIpc) is 2.60. The van der Waals surface area contributed by atoms with Crippen LogP contribution in [0.3, 0.4) is 0 Å². The number of aryl methyl sites for hydroxylation is 1. The Kier molecular flexibility index (Phi) is 6.55. The molecule has 8 heteroatoms. The van der Waals surface area contributed by atoms with Crippen LogP contribution in [-0.4, -0.2) is 30.4 Å². The summed E-state index contributed by atoms with van der Waals surface area (Å²) in [5.41, 5.74) is 3.20. The Labute approximate surface area is 152 Å². The van der Waals surface area contributed by atoms with E-state index in [-0.39, 0.29) is 24.4 Å². The number of hydroxylamine groups is 1. The number of rotatable bonds is 7. The molecule has 6 nitrogen and oxygen atoms in total. The highest BCUT2D eigenvalue weighted by molar-refractivity contribution is 7.89. The van der Waals surface area contributed by atoms with Crippen molar-refractivity contribution in [3.63, 3.8) is 0 Å². The molecule has 134 valence electrons. The van der Waals surface area contributed by atoms with Crippen LogP contribution in [0.5, 0.6) is 0 Å². The summed E-state index contributed by atoms with van der Waals surface area (Å²) in [6, 6.07) is 13.3. The van der Waals surface area contributed by atoms with E-state index in [9.17, 15) is 13.2 Å². The second kappa shape index (κ2) is 8.44. The van der Waals surface area contributed by atoms with Crippen LogP contribution >= 0.6 is 11.6 Å². The van der Waals surface area contributed by atoms with Crippen molar-refractivity contribution in [3.05, 3.63) is 64.7 Å². The Morgan fingerprint density at radius 3 is 2.28 bits per heavy atom. The van der Waals surface area contributed by atoms with Gasteiger partial charge in [-0.15, -0.1) is 0 Å². The highest BCUT2D eigenvalue weighted by Gasteiger charge is 2.25. The average molecular weight is 383 g/mol. The lowest BCUT2D eigenvalue weighted by Gasteiger charge is -2.22. The maximum absolute atomic E-state index is 12.9. The van der Waals surface area contributed by atoms with E-state index in [0.717, 1.165) is 11.1 Å². The van der Waals surface area contributed by atoms with Crippen molar-refractivity contribution in [2.24, 2.45) is 0 Å². The Morgan fingerprint density at radius 2 is 1.72 bits per heavy atom. The van der Waals surface area contributed by atoms with Crippen molar-refractivity contribution in [2.75, 3.05) is 6.54 Å². The molecule has 0 aliphatic heterocycles. The molecule has 0 bridgehead atoms. The summed E-state index contributed by atoms with van der Waals surface area (Å²) in [4.78, 5) is 11.5. The van der Waals surface area contributed by atoms with E-state index >= 15 is 0 Å². The smallest absolute Gasteiger partial charge is 0.244 e. The minimum Gasteiger partial charge on any atom is -0.289 e. The molecule has 0 saturated heterocycles. The number of benzene rings is 2. The molecule has 0 aliphatic rings. The quantitative estimate of drug-likeness (QED) is 0.569. The van der Waals surface area contributed by atoms with Gasteiger partial charge in [-0.1, -0.05) is 41.4 Å². The fourth-order valence-corrected chi connectivity index (χ4v) is 3.77. The van der Waals surface area contributed by atoms with Crippen LogP contribution in [0.4, 0.5) is 0 Å². The van der Waals surface area contributed by atoms with Gasteiger partial charge in [0, 0.05) is 24.5 Å². The number of nitrogens with zero attached hydrogens (tertiary/aromatic N) is 1. The molecule has 0 spiro atoms. The second-order valence-corrected chi connectivity index (χ2v) is 7.94. The van der Waals surface area contributed by atoms with E-state index < -0.39 is 15.9 Å². The SMILES string of the molecule is Cc1ccc(S(=O)(=O)N(CCC(=O)NO)Cc2ccc(Cl)cc2)cc1. The van der Waals surface area contributed by atoms with Crippen LogP contribution < -0.4 is 5.48 Å². The van der Waals surface area contributed by atoms with Crippen LogP contribution in [0.25, 0.3) is 0 Å². The van der Waals surface area contributed by atoms with Gasteiger partial charge in [0.15, 0.2) is 0 Å². The van der Waals surface area contributed by atoms with E-state index in [0.29, 0.717) is 5.02 Å². The van der Waals surface area contributed by atoms with Crippen molar-refractivity contribution in [1.29, 1.82) is 0 Å². The van der Waals surface area contributed by atoms with Gasteiger partial charge in [0.2, 0.25) is 15.9 Å². The van der Waals surface area contributed by atoms with Gasteiger partial charge < -0.3 is 0 Å². The van der Waals surface area contributed by atoms with Crippen LogP contribution in [0.15, 0.2) is 53.4 Å². The third kappa shape index (κ3) is 5.27. The lowest BCUT2D eigenvalue weighted by molar-refractivity contribution is -0.129.